The lowest BCUT2D eigenvalue weighted by Gasteiger charge is -2.37. The maximum atomic E-state index is 3.69. The smallest absolute Gasteiger partial charge is 0.0585 e. The second-order valence-electron chi connectivity index (χ2n) is 8.63. The van der Waals surface area contributed by atoms with Crippen molar-refractivity contribution >= 4 is 75.7 Å². The van der Waals surface area contributed by atoms with Crippen LogP contribution in [0.25, 0.3) is 0 Å². The Balaban J connectivity index is 0.00000512. The van der Waals surface area contributed by atoms with E-state index in [0.717, 1.165) is 22.0 Å². The highest BCUT2D eigenvalue weighted by atomic mass is 79.9. The zero-order chi connectivity index (χ0) is 23.1. The average molecular weight is 643 g/mol. The molecule has 2 nitrogen and oxygen atoms in total. The Morgan fingerprint density at radius 1 is 0.688 bits per heavy atom. The summed E-state index contributed by atoms with van der Waals surface area (Å²) in [5, 5.41) is 8.03. The Kier molecular flexibility index (Phi) is 13.7. The quantitative estimate of drug-likeness (QED) is 0.225. The molecule has 2 rings (SSSR count). The van der Waals surface area contributed by atoms with Gasteiger partial charge >= 0.3 is 0 Å². The van der Waals surface area contributed by atoms with Gasteiger partial charge in [-0.2, -0.15) is 0 Å². The van der Waals surface area contributed by atoms with Crippen LogP contribution in [0.4, 0.5) is 0 Å². The van der Waals surface area contributed by atoms with Crippen LogP contribution in [0.15, 0.2) is 57.5 Å². The molecule has 0 saturated heterocycles. The summed E-state index contributed by atoms with van der Waals surface area (Å²) < 4.78 is 2.23. The number of halogens is 3. The molecule has 0 aromatic heterocycles. The fourth-order valence-corrected chi connectivity index (χ4v) is 10.1. The van der Waals surface area contributed by atoms with Gasteiger partial charge in [0.2, 0.25) is 0 Å². The maximum Gasteiger partial charge on any atom is 0.0585 e. The molecule has 0 aliphatic rings. The third-order valence-electron chi connectivity index (χ3n) is 5.19. The second kappa shape index (κ2) is 14.3. The minimum absolute atomic E-state index is 0. The Morgan fingerprint density at radius 2 is 1.00 bits per heavy atom. The second-order valence-corrected chi connectivity index (χ2v) is 14.7. The highest BCUT2D eigenvalue weighted by molar-refractivity contribution is 9.11. The highest BCUT2D eigenvalue weighted by Crippen LogP contribution is 2.55. The van der Waals surface area contributed by atoms with E-state index in [0.29, 0.717) is 10.5 Å². The monoisotopic (exact) mass is 640 g/mol. The lowest BCUT2D eigenvalue weighted by molar-refractivity contribution is 0.391. The fourth-order valence-electron chi connectivity index (χ4n) is 3.66. The van der Waals surface area contributed by atoms with Crippen molar-refractivity contribution in [2.45, 2.75) is 63.1 Å². The molecule has 8 heteroatoms. The zero-order valence-electron chi connectivity index (χ0n) is 19.6. The first-order valence-electron chi connectivity index (χ1n) is 10.6. The normalized spacial score (nSPS) is 14.0. The van der Waals surface area contributed by atoms with Crippen molar-refractivity contribution < 1.29 is 0 Å². The van der Waals surface area contributed by atoms with Gasteiger partial charge in [0, 0.05) is 20.0 Å². The summed E-state index contributed by atoms with van der Waals surface area (Å²) in [5.74, 6) is 0. The minimum Gasteiger partial charge on any atom is -0.311 e. The van der Waals surface area contributed by atoms with E-state index in [1.165, 1.54) is 11.1 Å². The van der Waals surface area contributed by atoms with Crippen LogP contribution < -0.4 is 10.6 Å². The van der Waals surface area contributed by atoms with Gasteiger partial charge in [0.1, 0.15) is 0 Å². The van der Waals surface area contributed by atoms with Gasteiger partial charge in [-0.3, -0.25) is 0 Å². The molecule has 0 radical (unpaired) electrons. The maximum absolute atomic E-state index is 3.69. The van der Waals surface area contributed by atoms with E-state index >= 15 is 0 Å². The summed E-state index contributed by atoms with van der Waals surface area (Å²) in [4.78, 5) is 0. The molecule has 2 unspecified atom stereocenters. The number of hydrogen-bond acceptors (Lipinski definition) is 5. The number of nitrogens with one attached hydrogen (secondary N) is 2. The summed E-state index contributed by atoms with van der Waals surface area (Å²) in [6.45, 7) is 15.5. The lowest BCUT2D eigenvalue weighted by atomic mass is 9.94. The number of likely N-dealkylation sites (N-methyl/N-ethyl adjacent to an activating group) is 2. The summed E-state index contributed by atoms with van der Waals surface area (Å²) in [5.41, 5.74) is 2.65. The van der Waals surface area contributed by atoms with Crippen molar-refractivity contribution in [1.82, 2.24) is 10.6 Å². The molecule has 32 heavy (non-hydrogen) atoms. The standard InChI is InChI=1S/C24H34Br2N2S3.ClH/c1-7-27-23(3,4)21(17-9-13-19(25)14-10-17)29-31-30-22(24(5,6)28-8-2)18-11-15-20(26)16-12-18;/h9-16,21-22,27-28H,7-8H2,1-6H3;1H. The molecular weight excluding hydrogens is 608 g/mol. The van der Waals surface area contributed by atoms with Crippen molar-refractivity contribution in [2.75, 3.05) is 13.1 Å². The van der Waals surface area contributed by atoms with Crippen LogP contribution in [-0.4, -0.2) is 24.2 Å². The molecule has 0 bridgehead atoms. The summed E-state index contributed by atoms with van der Waals surface area (Å²) >= 11 is 7.15. The largest absolute Gasteiger partial charge is 0.311 e. The summed E-state index contributed by atoms with van der Waals surface area (Å²) in [6.07, 6.45) is 0. The van der Waals surface area contributed by atoms with E-state index in [2.05, 4.69) is 133 Å². The molecule has 0 spiro atoms. The Hall–Kier alpha value is 0.660. The Morgan fingerprint density at radius 3 is 1.28 bits per heavy atom. The molecule has 0 aliphatic heterocycles. The Labute approximate surface area is 229 Å². The predicted octanol–water partition coefficient (Wildman–Crippen LogP) is 9.22. The third-order valence-corrected chi connectivity index (χ3v) is 11.6. The van der Waals surface area contributed by atoms with Crippen molar-refractivity contribution in [3.05, 3.63) is 68.6 Å². The van der Waals surface area contributed by atoms with E-state index in [1.54, 1.807) is 0 Å². The zero-order valence-corrected chi connectivity index (χ0v) is 26.0. The van der Waals surface area contributed by atoms with Crippen LogP contribution >= 0.6 is 75.7 Å². The molecule has 0 aliphatic carbocycles. The van der Waals surface area contributed by atoms with Crippen LogP contribution in [0.3, 0.4) is 0 Å². The van der Waals surface area contributed by atoms with Gasteiger partial charge in [0.15, 0.2) is 0 Å². The molecule has 180 valence electrons. The third kappa shape index (κ3) is 9.03. The SMILES string of the molecule is CCNC(C)(C)C(SSSC(c1ccc(Br)cc1)C(C)(C)NCC)c1ccc(Br)cc1.Cl. The van der Waals surface area contributed by atoms with Crippen molar-refractivity contribution in [3.8, 4) is 0 Å². The van der Waals surface area contributed by atoms with Gasteiger partial charge in [-0.1, -0.05) is 91.6 Å². The number of hydrogen-bond donors (Lipinski definition) is 2. The summed E-state index contributed by atoms with van der Waals surface area (Å²) in [7, 11) is 5.81. The molecular formula is C24H35Br2ClN2S3. The highest BCUT2D eigenvalue weighted by Gasteiger charge is 2.34. The molecule has 2 N–H and O–H groups in total. The van der Waals surface area contributed by atoms with Crippen molar-refractivity contribution in [1.29, 1.82) is 0 Å². The van der Waals surface area contributed by atoms with Gasteiger partial charge in [-0.05, 0) is 86.0 Å². The van der Waals surface area contributed by atoms with Gasteiger partial charge in [-0.15, -0.1) is 12.4 Å². The van der Waals surface area contributed by atoms with Gasteiger partial charge < -0.3 is 10.6 Å². The van der Waals surface area contributed by atoms with Crippen LogP contribution in [0, 0.1) is 0 Å². The first-order valence-corrected chi connectivity index (χ1v) is 15.8. The fraction of sp³-hybridized carbons (Fsp3) is 0.500. The molecule has 0 amide bonds. The number of benzene rings is 2. The van der Waals surface area contributed by atoms with E-state index in [-0.39, 0.29) is 23.5 Å². The van der Waals surface area contributed by atoms with E-state index in [1.807, 2.05) is 31.4 Å². The minimum atomic E-state index is -0.0227. The van der Waals surface area contributed by atoms with Gasteiger partial charge in [0.25, 0.3) is 0 Å². The lowest BCUT2D eigenvalue weighted by Crippen LogP contribution is -2.43. The molecule has 2 atom stereocenters. The summed E-state index contributed by atoms with van der Waals surface area (Å²) in [6, 6.07) is 17.5. The van der Waals surface area contributed by atoms with Crippen LogP contribution in [-0.2, 0) is 0 Å². The first kappa shape index (κ1) is 30.7. The van der Waals surface area contributed by atoms with Gasteiger partial charge in [0.05, 0.1) is 10.5 Å². The van der Waals surface area contributed by atoms with Crippen LogP contribution in [0.2, 0.25) is 0 Å². The van der Waals surface area contributed by atoms with Crippen molar-refractivity contribution in [3.63, 3.8) is 0 Å². The molecule has 2 aromatic carbocycles. The van der Waals surface area contributed by atoms with Crippen LogP contribution in [0.5, 0.6) is 0 Å². The predicted molar refractivity (Wildman–Crippen MR) is 159 cm³/mol. The topological polar surface area (TPSA) is 24.1 Å². The van der Waals surface area contributed by atoms with E-state index < -0.39 is 0 Å². The van der Waals surface area contributed by atoms with Gasteiger partial charge in [-0.25, -0.2) is 0 Å². The molecule has 2 aromatic rings. The van der Waals surface area contributed by atoms with E-state index in [4.69, 9.17) is 0 Å². The average Bonchev–Trinajstić information content (AvgIpc) is 2.69. The van der Waals surface area contributed by atoms with Crippen LogP contribution in [0.1, 0.15) is 63.2 Å². The molecule has 0 fully saturated rings. The first-order chi connectivity index (χ1) is 14.6. The van der Waals surface area contributed by atoms with E-state index in [9.17, 15) is 0 Å². The Bertz CT molecular complexity index is 734. The molecule has 0 heterocycles. The molecule has 0 saturated carbocycles. The number of rotatable bonds is 12. The van der Waals surface area contributed by atoms with Crippen molar-refractivity contribution in [2.24, 2.45) is 0 Å².